The number of nitrogens with one attached hydrogen (secondary N) is 1. The molecular weight excluding hydrogens is 330 g/mol. The van der Waals surface area contributed by atoms with Gasteiger partial charge >= 0.3 is 0 Å². The van der Waals surface area contributed by atoms with Crippen LogP contribution in [0, 0.1) is 0 Å². The maximum absolute atomic E-state index is 12.1. The zero-order chi connectivity index (χ0) is 17.5. The molecule has 0 bridgehead atoms. The number of ketones is 1. The number of ether oxygens (including phenoxy) is 2. The third kappa shape index (κ3) is 4.49. The number of halogens is 1. The number of benzene rings is 2. The summed E-state index contributed by atoms with van der Waals surface area (Å²) >= 11 is 5.92. The third-order valence-electron chi connectivity index (χ3n) is 3.30. The molecule has 2 aromatic rings. The van der Waals surface area contributed by atoms with Gasteiger partial charge in [-0.2, -0.15) is 0 Å². The fraction of sp³-hybridized carbons (Fsp3) is 0.222. The van der Waals surface area contributed by atoms with Gasteiger partial charge in [-0.05, 0) is 30.3 Å². The number of amides is 1. The number of methoxy groups -OCH3 is 1. The molecule has 24 heavy (non-hydrogen) atoms. The van der Waals surface area contributed by atoms with Crippen molar-refractivity contribution in [3.05, 3.63) is 53.1 Å². The van der Waals surface area contributed by atoms with Gasteiger partial charge in [0.1, 0.15) is 11.5 Å². The molecule has 5 nitrogen and oxygen atoms in total. The molecular formula is C18H18ClNO4. The van der Waals surface area contributed by atoms with E-state index in [1.165, 1.54) is 7.11 Å². The Morgan fingerprint density at radius 1 is 1.12 bits per heavy atom. The van der Waals surface area contributed by atoms with Crippen LogP contribution in [0.2, 0.25) is 5.02 Å². The van der Waals surface area contributed by atoms with Crippen LogP contribution in [-0.2, 0) is 4.79 Å². The molecule has 0 atom stereocenters. The number of para-hydroxylation sites is 2. The molecule has 1 amide bonds. The maximum atomic E-state index is 12.1. The second kappa shape index (κ2) is 8.36. The first-order chi connectivity index (χ1) is 11.5. The summed E-state index contributed by atoms with van der Waals surface area (Å²) in [7, 11) is 1.53. The lowest BCUT2D eigenvalue weighted by Crippen LogP contribution is -2.21. The van der Waals surface area contributed by atoms with Crippen LogP contribution in [0.1, 0.15) is 23.7 Å². The van der Waals surface area contributed by atoms with Gasteiger partial charge in [0.25, 0.3) is 5.91 Å². The summed E-state index contributed by atoms with van der Waals surface area (Å²) in [5.41, 5.74) is 0.921. The molecule has 0 unspecified atom stereocenters. The van der Waals surface area contributed by atoms with Gasteiger partial charge in [-0.15, -0.1) is 0 Å². The van der Waals surface area contributed by atoms with Crippen molar-refractivity contribution in [3.63, 3.8) is 0 Å². The summed E-state index contributed by atoms with van der Waals surface area (Å²) in [5.74, 6) is 0.433. The zero-order valence-corrected chi connectivity index (χ0v) is 14.2. The van der Waals surface area contributed by atoms with Crippen molar-refractivity contribution in [1.29, 1.82) is 0 Å². The van der Waals surface area contributed by atoms with Gasteiger partial charge in [0.2, 0.25) is 0 Å². The highest BCUT2D eigenvalue weighted by molar-refractivity contribution is 6.31. The van der Waals surface area contributed by atoms with Crippen LogP contribution in [0.5, 0.6) is 11.5 Å². The van der Waals surface area contributed by atoms with Gasteiger partial charge in [-0.3, -0.25) is 9.59 Å². The van der Waals surface area contributed by atoms with E-state index in [1.54, 1.807) is 49.4 Å². The molecule has 2 aromatic carbocycles. The van der Waals surface area contributed by atoms with E-state index in [0.29, 0.717) is 34.2 Å². The lowest BCUT2D eigenvalue weighted by molar-refractivity contribution is -0.118. The van der Waals surface area contributed by atoms with E-state index >= 15 is 0 Å². The Kier molecular flexibility index (Phi) is 6.21. The van der Waals surface area contributed by atoms with Crippen molar-refractivity contribution in [3.8, 4) is 11.5 Å². The first kappa shape index (κ1) is 17.8. The summed E-state index contributed by atoms with van der Waals surface area (Å²) < 4.78 is 10.7. The number of Topliss-reactive ketones (excluding diaryl/α,β-unsaturated/α-hetero) is 1. The van der Waals surface area contributed by atoms with Crippen molar-refractivity contribution in [2.24, 2.45) is 0 Å². The molecule has 0 aliphatic heterocycles. The fourth-order valence-corrected chi connectivity index (χ4v) is 2.29. The van der Waals surface area contributed by atoms with E-state index in [1.807, 2.05) is 0 Å². The minimum Gasteiger partial charge on any atom is -0.495 e. The predicted molar refractivity (Wildman–Crippen MR) is 93.2 cm³/mol. The van der Waals surface area contributed by atoms with E-state index in [9.17, 15) is 9.59 Å². The molecule has 0 radical (unpaired) electrons. The van der Waals surface area contributed by atoms with Crippen molar-refractivity contribution in [2.75, 3.05) is 19.0 Å². The monoisotopic (exact) mass is 347 g/mol. The Labute approximate surface area is 145 Å². The number of hydrogen-bond donors (Lipinski definition) is 1. The number of anilines is 1. The lowest BCUT2D eigenvalue weighted by atomic mass is 10.1. The van der Waals surface area contributed by atoms with Crippen molar-refractivity contribution in [1.82, 2.24) is 0 Å². The minimum atomic E-state index is -0.357. The average molecular weight is 348 g/mol. The number of hydrogen-bond acceptors (Lipinski definition) is 4. The summed E-state index contributed by atoms with van der Waals surface area (Å²) in [6.07, 6.45) is 0.324. The Morgan fingerprint density at radius 2 is 1.88 bits per heavy atom. The van der Waals surface area contributed by atoms with Crippen LogP contribution in [0.15, 0.2) is 42.5 Å². The average Bonchev–Trinajstić information content (AvgIpc) is 2.60. The molecule has 0 aromatic heterocycles. The Hall–Kier alpha value is -2.53. The highest BCUT2D eigenvalue weighted by Gasteiger charge is 2.14. The summed E-state index contributed by atoms with van der Waals surface area (Å²) in [6.45, 7) is 1.52. The highest BCUT2D eigenvalue weighted by Crippen LogP contribution is 2.25. The lowest BCUT2D eigenvalue weighted by Gasteiger charge is -2.12. The Bertz CT molecular complexity index is 746. The standard InChI is InChI=1S/C18H18ClNO4/c1-3-15(21)13-10-12(19)8-9-16(13)24-11-18(22)20-14-6-4-5-7-17(14)23-2/h4-10H,3,11H2,1-2H3,(H,20,22). The van der Waals surface area contributed by atoms with Gasteiger partial charge in [0, 0.05) is 11.4 Å². The van der Waals surface area contributed by atoms with Crippen LogP contribution in [-0.4, -0.2) is 25.4 Å². The molecule has 1 N–H and O–H groups in total. The quantitative estimate of drug-likeness (QED) is 0.770. The second-order valence-electron chi connectivity index (χ2n) is 4.95. The molecule has 0 aliphatic rings. The van der Waals surface area contributed by atoms with Crippen LogP contribution in [0.25, 0.3) is 0 Å². The number of rotatable bonds is 7. The Balaban J connectivity index is 2.05. The van der Waals surface area contributed by atoms with E-state index < -0.39 is 0 Å². The Morgan fingerprint density at radius 3 is 2.58 bits per heavy atom. The second-order valence-corrected chi connectivity index (χ2v) is 5.39. The molecule has 0 heterocycles. The number of carbonyl (C=O) groups is 2. The van der Waals surface area contributed by atoms with Gasteiger partial charge < -0.3 is 14.8 Å². The normalized spacial score (nSPS) is 10.1. The van der Waals surface area contributed by atoms with Crippen LogP contribution >= 0.6 is 11.6 Å². The summed E-state index contributed by atoms with van der Waals surface area (Å²) in [6, 6.07) is 11.8. The molecule has 0 saturated heterocycles. The molecule has 0 saturated carbocycles. The minimum absolute atomic E-state index is 0.0994. The smallest absolute Gasteiger partial charge is 0.262 e. The number of carbonyl (C=O) groups excluding carboxylic acids is 2. The van der Waals surface area contributed by atoms with E-state index in [2.05, 4.69) is 5.32 Å². The van der Waals surface area contributed by atoms with Crippen molar-refractivity contribution in [2.45, 2.75) is 13.3 Å². The van der Waals surface area contributed by atoms with Gasteiger partial charge in [0.15, 0.2) is 12.4 Å². The molecule has 2 rings (SSSR count). The topological polar surface area (TPSA) is 64.6 Å². The van der Waals surface area contributed by atoms with E-state index in [4.69, 9.17) is 21.1 Å². The van der Waals surface area contributed by atoms with Gasteiger partial charge in [-0.1, -0.05) is 30.7 Å². The molecule has 6 heteroatoms. The zero-order valence-electron chi connectivity index (χ0n) is 13.5. The molecule has 0 aliphatic carbocycles. The fourth-order valence-electron chi connectivity index (χ4n) is 2.11. The predicted octanol–water partition coefficient (Wildman–Crippen LogP) is 3.96. The van der Waals surface area contributed by atoms with Gasteiger partial charge in [0.05, 0.1) is 18.4 Å². The molecule has 0 fully saturated rings. The summed E-state index contributed by atoms with van der Waals surface area (Å²) in [4.78, 5) is 24.0. The van der Waals surface area contributed by atoms with Crippen molar-refractivity contribution < 1.29 is 19.1 Å². The van der Waals surface area contributed by atoms with Crippen LogP contribution < -0.4 is 14.8 Å². The summed E-state index contributed by atoms with van der Waals surface area (Å²) in [5, 5.41) is 3.15. The molecule has 126 valence electrons. The maximum Gasteiger partial charge on any atom is 0.262 e. The highest BCUT2D eigenvalue weighted by atomic mass is 35.5. The third-order valence-corrected chi connectivity index (χ3v) is 3.54. The first-order valence-electron chi connectivity index (χ1n) is 7.43. The van der Waals surface area contributed by atoms with Crippen molar-refractivity contribution >= 4 is 29.0 Å². The van der Waals surface area contributed by atoms with Crippen LogP contribution in [0.4, 0.5) is 5.69 Å². The van der Waals surface area contributed by atoms with E-state index in [0.717, 1.165) is 0 Å². The van der Waals surface area contributed by atoms with Crippen LogP contribution in [0.3, 0.4) is 0 Å². The SMILES string of the molecule is CCC(=O)c1cc(Cl)ccc1OCC(=O)Nc1ccccc1OC. The first-order valence-corrected chi connectivity index (χ1v) is 7.81. The van der Waals surface area contributed by atoms with E-state index in [-0.39, 0.29) is 18.3 Å². The molecule has 0 spiro atoms. The largest absolute Gasteiger partial charge is 0.495 e. The van der Waals surface area contributed by atoms with Gasteiger partial charge in [-0.25, -0.2) is 0 Å².